The van der Waals surface area contributed by atoms with Gasteiger partial charge in [-0.3, -0.25) is 0 Å². The largest absolute Gasteiger partial charge is 0.373 e. The lowest BCUT2D eigenvalue weighted by Gasteiger charge is -2.14. The third kappa shape index (κ3) is 3.07. The van der Waals surface area contributed by atoms with Crippen molar-refractivity contribution in [1.82, 2.24) is 9.97 Å². The molecule has 0 amide bonds. The van der Waals surface area contributed by atoms with E-state index in [4.69, 9.17) is 0 Å². The average Bonchev–Trinajstić information content (AvgIpc) is 2.42. The maximum Gasteiger partial charge on any atom is 0.139 e. The summed E-state index contributed by atoms with van der Waals surface area (Å²) in [6.45, 7) is 8.30. The van der Waals surface area contributed by atoms with Crippen LogP contribution < -0.4 is 10.6 Å². The summed E-state index contributed by atoms with van der Waals surface area (Å²) in [5.41, 5.74) is 3.39. The Morgan fingerprint density at radius 1 is 1.05 bits per heavy atom. The number of anilines is 3. The van der Waals surface area contributed by atoms with Gasteiger partial charge in [-0.05, 0) is 37.5 Å². The fourth-order valence-corrected chi connectivity index (χ4v) is 2.11. The molecule has 0 fully saturated rings. The van der Waals surface area contributed by atoms with E-state index in [9.17, 15) is 0 Å². The van der Waals surface area contributed by atoms with Crippen molar-refractivity contribution in [3.63, 3.8) is 0 Å². The predicted octanol–water partition coefficient (Wildman–Crippen LogP) is 4.00. The summed E-state index contributed by atoms with van der Waals surface area (Å²) >= 11 is 0. The SMILES string of the molecule is CNc1nc(C)nc(Nc2cccc(C(C)C)c2)c1C. The Hall–Kier alpha value is -2.10. The van der Waals surface area contributed by atoms with Gasteiger partial charge in [0.05, 0.1) is 0 Å². The Morgan fingerprint density at radius 3 is 2.40 bits per heavy atom. The average molecular weight is 270 g/mol. The zero-order valence-electron chi connectivity index (χ0n) is 12.8. The van der Waals surface area contributed by atoms with E-state index in [-0.39, 0.29) is 0 Å². The van der Waals surface area contributed by atoms with E-state index >= 15 is 0 Å². The maximum atomic E-state index is 4.49. The number of benzene rings is 1. The Balaban J connectivity index is 2.35. The minimum Gasteiger partial charge on any atom is -0.373 e. The van der Waals surface area contributed by atoms with Gasteiger partial charge in [-0.15, -0.1) is 0 Å². The van der Waals surface area contributed by atoms with Gasteiger partial charge in [0.15, 0.2) is 0 Å². The van der Waals surface area contributed by atoms with E-state index in [1.54, 1.807) is 0 Å². The first-order valence-electron chi connectivity index (χ1n) is 6.91. The highest BCUT2D eigenvalue weighted by Gasteiger charge is 2.09. The molecular formula is C16H22N4. The fraction of sp³-hybridized carbons (Fsp3) is 0.375. The van der Waals surface area contributed by atoms with Crippen LogP contribution in [0.3, 0.4) is 0 Å². The second-order valence-corrected chi connectivity index (χ2v) is 5.25. The molecule has 0 aliphatic heterocycles. The van der Waals surface area contributed by atoms with Crippen molar-refractivity contribution in [1.29, 1.82) is 0 Å². The predicted molar refractivity (Wildman–Crippen MR) is 84.9 cm³/mol. The van der Waals surface area contributed by atoms with Gasteiger partial charge < -0.3 is 10.6 Å². The van der Waals surface area contributed by atoms with Gasteiger partial charge in [-0.2, -0.15) is 0 Å². The lowest BCUT2D eigenvalue weighted by Crippen LogP contribution is -2.05. The Morgan fingerprint density at radius 2 is 1.75 bits per heavy atom. The topological polar surface area (TPSA) is 49.8 Å². The molecule has 2 N–H and O–H groups in total. The molecule has 2 rings (SSSR count). The molecule has 0 aliphatic carbocycles. The molecule has 4 heteroatoms. The van der Waals surface area contributed by atoms with Crippen molar-refractivity contribution < 1.29 is 0 Å². The van der Waals surface area contributed by atoms with Crippen molar-refractivity contribution >= 4 is 17.3 Å². The summed E-state index contributed by atoms with van der Waals surface area (Å²) < 4.78 is 0. The smallest absolute Gasteiger partial charge is 0.139 e. The Kier molecular flexibility index (Phi) is 4.23. The monoisotopic (exact) mass is 270 g/mol. The first-order chi connectivity index (χ1) is 9.51. The maximum absolute atomic E-state index is 4.49. The Labute approximate surface area is 120 Å². The van der Waals surface area contributed by atoms with Crippen molar-refractivity contribution in [2.45, 2.75) is 33.6 Å². The van der Waals surface area contributed by atoms with E-state index in [2.05, 4.69) is 58.7 Å². The summed E-state index contributed by atoms with van der Waals surface area (Å²) in [7, 11) is 1.87. The fourth-order valence-electron chi connectivity index (χ4n) is 2.11. The second kappa shape index (κ2) is 5.90. The number of nitrogens with one attached hydrogen (secondary N) is 2. The summed E-state index contributed by atoms with van der Waals surface area (Å²) in [5, 5.41) is 6.49. The quantitative estimate of drug-likeness (QED) is 0.881. The van der Waals surface area contributed by atoms with Gasteiger partial charge in [-0.1, -0.05) is 26.0 Å². The van der Waals surface area contributed by atoms with Crippen LogP contribution in [0.4, 0.5) is 17.3 Å². The van der Waals surface area contributed by atoms with E-state index in [0.717, 1.165) is 28.7 Å². The Bertz CT molecular complexity index is 605. The van der Waals surface area contributed by atoms with Crippen molar-refractivity contribution in [3.8, 4) is 0 Å². The summed E-state index contributed by atoms with van der Waals surface area (Å²) in [5.74, 6) is 2.98. The van der Waals surface area contributed by atoms with Gasteiger partial charge in [0, 0.05) is 18.3 Å². The lowest BCUT2D eigenvalue weighted by molar-refractivity contribution is 0.867. The standard InChI is InChI=1S/C16H22N4/c1-10(2)13-7-6-8-14(9-13)20-16-11(3)15(17-5)18-12(4)19-16/h6-10H,1-5H3,(H2,17,18,19,20). The van der Waals surface area contributed by atoms with Crippen LogP contribution in [0.15, 0.2) is 24.3 Å². The first-order valence-corrected chi connectivity index (χ1v) is 6.91. The van der Waals surface area contributed by atoms with Gasteiger partial charge in [0.2, 0.25) is 0 Å². The van der Waals surface area contributed by atoms with Crippen LogP contribution >= 0.6 is 0 Å². The molecular weight excluding hydrogens is 248 g/mol. The molecule has 1 aromatic heterocycles. The van der Waals surface area contributed by atoms with Crippen molar-refractivity contribution in [2.75, 3.05) is 17.7 Å². The van der Waals surface area contributed by atoms with Crippen molar-refractivity contribution in [2.24, 2.45) is 0 Å². The lowest BCUT2D eigenvalue weighted by atomic mass is 10.0. The molecule has 0 saturated heterocycles. The molecule has 0 atom stereocenters. The number of aromatic nitrogens is 2. The highest BCUT2D eigenvalue weighted by molar-refractivity contribution is 5.65. The zero-order chi connectivity index (χ0) is 14.7. The first kappa shape index (κ1) is 14.3. The highest BCUT2D eigenvalue weighted by atomic mass is 15.1. The molecule has 0 saturated carbocycles. The van der Waals surface area contributed by atoms with Crippen LogP contribution in [0.2, 0.25) is 0 Å². The van der Waals surface area contributed by atoms with E-state index < -0.39 is 0 Å². The van der Waals surface area contributed by atoms with Gasteiger partial charge >= 0.3 is 0 Å². The third-order valence-electron chi connectivity index (χ3n) is 3.31. The molecule has 0 bridgehead atoms. The number of rotatable bonds is 4. The van der Waals surface area contributed by atoms with Crippen LogP contribution in [-0.4, -0.2) is 17.0 Å². The second-order valence-electron chi connectivity index (χ2n) is 5.25. The summed E-state index contributed by atoms with van der Waals surface area (Å²) in [4.78, 5) is 8.87. The molecule has 106 valence electrons. The molecule has 1 aromatic carbocycles. The molecule has 4 nitrogen and oxygen atoms in total. The van der Waals surface area contributed by atoms with Crippen LogP contribution in [0.25, 0.3) is 0 Å². The molecule has 0 spiro atoms. The van der Waals surface area contributed by atoms with Gasteiger partial charge in [0.25, 0.3) is 0 Å². The van der Waals surface area contributed by atoms with Crippen LogP contribution in [0.1, 0.15) is 36.7 Å². The van der Waals surface area contributed by atoms with Gasteiger partial charge in [-0.25, -0.2) is 9.97 Å². The number of hydrogen-bond acceptors (Lipinski definition) is 4. The van der Waals surface area contributed by atoms with Crippen LogP contribution in [-0.2, 0) is 0 Å². The normalized spacial score (nSPS) is 10.7. The highest BCUT2D eigenvalue weighted by Crippen LogP contribution is 2.25. The molecule has 20 heavy (non-hydrogen) atoms. The zero-order valence-corrected chi connectivity index (χ0v) is 12.8. The summed E-state index contributed by atoms with van der Waals surface area (Å²) in [6.07, 6.45) is 0. The summed E-state index contributed by atoms with van der Waals surface area (Å²) in [6, 6.07) is 8.44. The minimum atomic E-state index is 0.512. The molecule has 0 unspecified atom stereocenters. The molecule has 1 heterocycles. The minimum absolute atomic E-state index is 0.512. The molecule has 0 aliphatic rings. The number of aryl methyl sites for hydroxylation is 1. The van der Waals surface area contributed by atoms with Crippen LogP contribution in [0, 0.1) is 13.8 Å². The third-order valence-corrected chi connectivity index (χ3v) is 3.31. The van der Waals surface area contributed by atoms with Crippen molar-refractivity contribution in [3.05, 3.63) is 41.2 Å². The van der Waals surface area contributed by atoms with E-state index in [1.165, 1.54) is 5.56 Å². The van der Waals surface area contributed by atoms with Gasteiger partial charge in [0.1, 0.15) is 17.5 Å². The van der Waals surface area contributed by atoms with E-state index in [0.29, 0.717) is 5.92 Å². The number of nitrogens with zero attached hydrogens (tertiary/aromatic N) is 2. The molecule has 0 radical (unpaired) electrons. The van der Waals surface area contributed by atoms with E-state index in [1.807, 2.05) is 20.9 Å². The molecule has 2 aromatic rings. The number of hydrogen-bond donors (Lipinski definition) is 2. The van der Waals surface area contributed by atoms with Crippen LogP contribution in [0.5, 0.6) is 0 Å².